The standard InChI is InChI=1S/C21H25N3O3S.ClH/c1-4-23(5-2)14-20(25)24-16-9-7-8-10-18(16)28-19-12-11-15(13-17(19)24)22-21(26)27-6-3;/h7-13H,4-6,14H2,1-3H3,(H,22,26);1H. The van der Waals surface area contributed by atoms with E-state index in [2.05, 4.69) is 19.2 Å². The number of carbonyl (C=O) groups is 2. The summed E-state index contributed by atoms with van der Waals surface area (Å²) >= 11 is 1.63. The predicted molar refractivity (Wildman–Crippen MR) is 112 cm³/mol. The first kappa shape index (κ1) is 23.1. The number of nitrogens with one attached hydrogen (secondary N) is 2. The summed E-state index contributed by atoms with van der Waals surface area (Å²) < 4.78 is 4.96. The number of halogens is 1. The highest BCUT2D eigenvalue weighted by Crippen LogP contribution is 2.48. The molecule has 2 amide bonds. The molecule has 0 aliphatic carbocycles. The van der Waals surface area contributed by atoms with Crippen molar-refractivity contribution in [3.05, 3.63) is 42.5 Å². The van der Waals surface area contributed by atoms with Crippen LogP contribution in [0.4, 0.5) is 21.9 Å². The molecule has 6 nitrogen and oxygen atoms in total. The Morgan fingerprint density at radius 2 is 1.72 bits per heavy atom. The maximum absolute atomic E-state index is 13.3. The number of ether oxygens (including phenoxy) is 1. The van der Waals surface area contributed by atoms with Crippen molar-refractivity contribution < 1.29 is 31.6 Å². The number of hydrogen-bond acceptors (Lipinski definition) is 4. The van der Waals surface area contributed by atoms with Crippen molar-refractivity contribution in [1.82, 2.24) is 0 Å². The molecule has 8 heteroatoms. The zero-order valence-corrected chi connectivity index (χ0v) is 18.4. The first-order valence-electron chi connectivity index (χ1n) is 9.58. The number of likely N-dealkylation sites (N-methyl/N-ethyl adjacent to an activating group) is 1. The molecule has 0 unspecified atom stereocenters. The number of fused-ring (bicyclic) bond motifs is 2. The molecule has 1 aliphatic rings. The predicted octanol–water partition coefficient (Wildman–Crippen LogP) is 0.313. The van der Waals surface area contributed by atoms with Crippen molar-refractivity contribution in [2.75, 3.05) is 36.5 Å². The van der Waals surface area contributed by atoms with Crippen molar-refractivity contribution in [2.24, 2.45) is 0 Å². The topological polar surface area (TPSA) is 63.1 Å². The van der Waals surface area contributed by atoms with Gasteiger partial charge in [0.1, 0.15) is 0 Å². The van der Waals surface area contributed by atoms with E-state index in [4.69, 9.17) is 4.74 Å². The Labute approximate surface area is 182 Å². The molecule has 0 atom stereocenters. The van der Waals surface area contributed by atoms with E-state index in [1.807, 2.05) is 42.5 Å². The lowest BCUT2D eigenvalue weighted by atomic mass is 10.2. The highest BCUT2D eigenvalue weighted by atomic mass is 35.5. The van der Waals surface area contributed by atoms with Crippen molar-refractivity contribution in [2.45, 2.75) is 30.6 Å². The first-order chi connectivity index (χ1) is 13.6. The van der Waals surface area contributed by atoms with Gasteiger partial charge < -0.3 is 22.0 Å². The summed E-state index contributed by atoms with van der Waals surface area (Å²) in [5.41, 5.74) is 2.27. The van der Waals surface area contributed by atoms with Gasteiger partial charge in [0.05, 0.1) is 31.1 Å². The number of carbonyl (C=O) groups excluding carboxylic acids is 2. The van der Waals surface area contributed by atoms with Crippen molar-refractivity contribution in [3.63, 3.8) is 0 Å². The maximum atomic E-state index is 13.3. The van der Waals surface area contributed by atoms with Crippen LogP contribution in [0, 0.1) is 0 Å². The second-order valence-corrected chi connectivity index (χ2v) is 7.54. The minimum Gasteiger partial charge on any atom is -1.00 e. The largest absolute Gasteiger partial charge is 1.00 e. The lowest BCUT2D eigenvalue weighted by Crippen LogP contribution is -3.12. The van der Waals surface area contributed by atoms with Gasteiger partial charge in [0.15, 0.2) is 6.54 Å². The number of nitrogens with zero attached hydrogens (tertiary/aromatic N) is 1. The third kappa shape index (κ3) is 5.23. The monoisotopic (exact) mass is 435 g/mol. The van der Waals surface area contributed by atoms with Crippen LogP contribution in [-0.4, -0.2) is 38.2 Å². The molecule has 1 heterocycles. The number of quaternary nitrogens is 1. The van der Waals surface area contributed by atoms with Crippen molar-refractivity contribution in [3.8, 4) is 0 Å². The molecule has 2 aromatic carbocycles. The molecular weight excluding hydrogens is 410 g/mol. The first-order valence-corrected chi connectivity index (χ1v) is 10.4. The minimum absolute atomic E-state index is 0. The summed E-state index contributed by atoms with van der Waals surface area (Å²) in [4.78, 5) is 30.1. The zero-order valence-electron chi connectivity index (χ0n) is 16.8. The third-order valence-electron chi connectivity index (χ3n) is 4.70. The second kappa shape index (κ2) is 10.5. The van der Waals surface area contributed by atoms with Gasteiger partial charge in [-0.1, -0.05) is 23.9 Å². The Morgan fingerprint density at radius 3 is 2.41 bits per heavy atom. The van der Waals surface area contributed by atoms with E-state index in [0.717, 1.165) is 34.3 Å². The molecule has 29 heavy (non-hydrogen) atoms. The van der Waals surface area contributed by atoms with Crippen LogP contribution in [0.5, 0.6) is 0 Å². The van der Waals surface area contributed by atoms with Crippen molar-refractivity contribution in [1.29, 1.82) is 0 Å². The summed E-state index contributed by atoms with van der Waals surface area (Å²) in [7, 11) is 0. The quantitative estimate of drug-likeness (QED) is 0.685. The summed E-state index contributed by atoms with van der Waals surface area (Å²) in [5.74, 6) is 0.0426. The number of benzene rings is 2. The Hall–Kier alpha value is -2.22. The summed E-state index contributed by atoms with van der Waals surface area (Å²) in [6.07, 6.45) is -0.503. The van der Waals surface area contributed by atoms with Gasteiger partial charge in [-0.05, 0) is 51.1 Å². The number of amides is 2. The average Bonchev–Trinajstić information content (AvgIpc) is 2.70. The number of anilines is 3. The Balaban J connectivity index is 0.00000300. The van der Waals surface area contributed by atoms with E-state index in [1.165, 1.54) is 4.90 Å². The molecular formula is C21H26ClN3O3S. The van der Waals surface area contributed by atoms with Crippen LogP contribution >= 0.6 is 11.8 Å². The summed E-state index contributed by atoms with van der Waals surface area (Å²) in [6, 6.07) is 13.5. The van der Waals surface area contributed by atoms with Crippen LogP contribution in [0.3, 0.4) is 0 Å². The second-order valence-electron chi connectivity index (χ2n) is 6.46. The summed E-state index contributed by atoms with van der Waals surface area (Å²) in [5, 5.41) is 2.73. The van der Waals surface area contributed by atoms with Gasteiger partial charge >= 0.3 is 6.09 Å². The molecule has 3 rings (SSSR count). The zero-order chi connectivity index (χ0) is 20.1. The third-order valence-corrected chi connectivity index (χ3v) is 5.83. The van der Waals surface area contributed by atoms with Crippen LogP contribution in [0.1, 0.15) is 20.8 Å². The molecule has 2 aromatic rings. The molecule has 0 bridgehead atoms. The van der Waals surface area contributed by atoms with Gasteiger partial charge in [0, 0.05) is 15.5 Å². The molecule has 0 fully saturated rings. The molecule has 0 radical (unpaired) electrons. The van der Waals surface area contributed by atoms with Crippen molar-refractivity contribution >= 4 is 40.8 Å². The highest BCUT2D eigenvalue weighted by molar-refractivity contribution is 7.99. The molecule has 1 aliphatic heterocycles. The maximum Gasteiger partial charge on any atom is 0.411 e. The molecule has 0 spiro atoms. The fraction of sp³-hybridized carbons (Fsp3) is 0.333. The van der Waals surface area contributed by atoms with Gasteiger partial charge in [-0.25, -0.2) is 4.79 Å². The van der Waals surface area contributed by atoms with E-state index in [9.17, 15) is 9.59 Å². The molecule has 0 saturated carbocycles. The highest BCUT2D eigenvalue weighted by Gasteiger charge is 2.30. The van der Waals surface area contributed by atoms with Gasteiger partial charge in [-0.2, -0.15) is 0 Å². The van der Waals surface area contributed by atoms with E-state index in [1.54, 1.807) is 23.6 Å². The van der Waals surface area contributed by atoms with Crippen LogP contribution in [-0.2, 0) is 9.53 Å². The van der Waals surface area contributed by atoms with Crippen LogP contribution in [0.25, 0.3) is 0 Å². The van der Waals surface area contributed by atoms with E-state index in [0.29, 0.717) is 18.8 Å². The normalized spacial score (nSPS) is 11.9. The van der Waals surface area contributed by atoms with E-state index >= 15 is 0 Å². The molecule has 0 aromatic heterocycles. The Kier molecular flexibility index (Phi) is 8.37. The number of rotatable bonds is 6. The average molecular weight is 436 g/mol. The van der Waals surface area contributed by atoms with Crippen LogP contribution in [0.15, 0.2) is 52.3 Å². The fourth-order valence-electron chi connectivity index (χ4n) is 3.18. The Bertz CT molecular complexity index is 874. The Morgan fingerprint density at radius 1 is 1.03 bits per heavy atom. The van der Waals surface area contributed by atoms with Crippen LogP contribution in [0.2, 0.25) is 0 Å². The summed E-state index contributed by atoms with van der Waals surface area (Å²) in [6.45, 7) is 8.44. The van der Waals surface area contributed by atoms with Gasteiger partial charge in [0.25, 0.3) is 5.91 Å². The number of para-hydroxylation sites is 1. The fourth-order valence-corrected chi connectivity index (χ4v) is 4.22. The lowest BCUT2D eigenvalue weighted by Gasteiger charge is -2.32. The number of hydrogen-bond donors (Lipinski definition) is 2. The molecule has 156 valence electrons. The lowest BCUT2D eigenvalue weighted by molar-refractivity contribution is -0.888. The molecule has 2 N–H and O–H groups in total. The van der Waals surface area contributed by atoms with Crippen LogP contribution < -0.4 is 27.5 Å². The van der Waals surface area contributed by atoms with Gasteiger partial charge in [-0.15, -0.1) is 0 Å². The van der Waals surface area contributed by atoms with E-state index < -0.39 is 6.09 Å². The van der Waals surface area contributed by atoms with E-state index in [-0.39, 0.29) is 18.3 Å². The van der Waals surface area contributed by atoms with Gasteiger partial charge in [-0.3, -0.25) is 15.0 Å². The SMILES string of the molecule is CCOC(=O)Nc1ccc2c(c1)N(C(=O)C[NH+](CC)CC)c1ccccc1S2.[Cl-]. The molecule has 0 saturated heterocycles. The minimum atomic E-state index is -0.503. The smallest absolute Gasteiger partial charge is 0.411 e. The van der Waals surface area contributed by atoms with Gasteiger partial charge in [0.2, 0.25) is 0 Å².